The van der Waals surface area contributed by atoms with Crippen LogP contribution in [0.15, 0.2) is 12.2 Å². The minimum absolute atomic E-state index is 0.0446. The fraction of sp³-hybridized carbons (Fsp3) is 0.625. The van der Waals surface area contributed by atoms with E-state index in [1.807, 2.05) is 6.92 Å². The molecule has 0 saturated heterocycles. The molecule has 0 aromatic rings. The zero-order valence-corrected chi connectivity index (χ0v) is 6.03. The van der Waals surface area contributed by atoms with Crippen LogP contribution in [0.5, 0.6) is 0 Å². The maximum Gasteiger partial charge on any atom is 0.136 e. The predicted molar refractivity (Wildman–Crippen MR) is 37.2 cm³/mol. The van der Waals surface area contributed by atoms with E-state index in [-0.39, 0.29) is 5.41 Å². The molecule has 0 heterocycles. The third kappa shape index (κ3) is 0.913. The predicted octanol–water partition coefficient (Wildman–Crippen LogP) is 1.93. The van der Waals surface area contributed by atoms with Gasteiger partial charge in [0.15, 0.2) is 0 Å². The molecule has 0 aliphatic heterocycles. The highest BCUT2D eigenvalue weighted by molar-refractivity contribution is 5.84. The minimum Gasteiger partial charge on any atom is -0.299 e. The van der Waals surface area contributed by atoms with E-state index < -0.39 is 0 Å². The Bertz CT molecular complexity index is 159. The zero-order valence-electron chi connectivity index (χ0n) is 6.03. The summed E-state index contributed by atoms with van der Waals surface area (Å²) in [5, 5.41) is 0. The molecule has 1 fully saturated rings. The van der Waals surface area contributed by atoms with Crippen LogP contribution in [0.25, 0.3) is 0 Å². The molecule has 0 amide bonds. The number of hydrogen-bond donors (Lipinski definition) is 0. The maximum atomic E-state index is 10.9. The van der Waals surface area contributed by atoms with Crippen molar-refractivity contribution in [1.82, 2.24) is 0 Å². The van der Waals surface area contributed by atoms with Gasteiger partial charge in [0.2, 0.25) is 0 Å². The van der Waals surface area contributed by atoms with Crippen molar-refractivity contribution >= 4 is 5.78 Å². The lowest BCUT2D eigenvalue weighted by Gasteiger charge is -2.37. The van der Waals surface area contributed by atoms with Gasteiger partial charge < -0.3 is 0 Å². The fourth-order valence-electron chi connectivity index (χ4n) is 1.30. The Morgan fingerprint density at radius 1 is 1.67 bits per heavy atom. The number of allylic oxidation sites excluding steroid dienone is 1. The van der Waals surface area contributed by atoms with Crippen LogP contribution in [-0.4, -0.2) is 5.78 Å². The number of carbonyl (C=O) groups excluding carboxylic acids is 1. The fourth-order valence-corrected chi connectivity index (χ4v) is 1.30. The normalized spacial score (nSPS) is 23.1. The van der Waals surface area contributed by atoms with E-state index in [0.717, 1.165) is 12.8 Å². The van der Waals surface area contributed by atoms with Crippen molar-refractivity contribution in [1.29, 1.82) is 0 Å². The Hall–Kier alpha value is -0.590. The molecule has 50 valence electrons. The van der Waals surface area contributed by atoms with Gasteiger partial charge in [-0.1, -0.05) is 19.1 Å². The Labute approximate surface area is 55.8 Å². The molecular weight excluding hydrogens is 112 g/mol. The molecule has 0 spiro atoms. The highest BCUT2D eigenvalue weighted by Gasteiger charge is 2.38. The first-order valence-electron chi connectivity index (χ1n) is 3.22. The first kappa shape index (κ1) is 6.53. The third-order valence-electron chi connectivity index (χ3n) is 2.13. The minimum atomic E-state index is -0.0446. The maximum absolute atomic E-state index is 10.9. The lowest BCUT2D eigenvalue weighted by atomic mass is 9.65. The molecular formula is C8H12O. The Morgan fingerprint density at radius 2 is 2.11 bits per heavy atom. The van der Waals surface area contributed by atoms with Crippen LogP contribution in [0.3, 0.4) is 0 Å². The molecule has 0 radical (unpaired) electrons. The van der Waals surface area contributed by atoms with Crippen LogP contribution in [0.1, 0.15) is 26.7 Å². The molecule has 1 aliphatic rings. The average Bonchev–Trinajstić information content (AvgIpc) is 1.62. The number of Topliss-reactive ketones (excluding diaryl/α,β-unsaturated/α-hetero) is 1. The number of ketones is 1. The van der Waals surface area contributed by atoms with Crippen LogP contribution < -0.4 is 0 Å². The zero-order chi connectivity index (χ0) is 7.07. The van der Waals surface area contributed by atoms with Crippen molar-refractivity contribution in [2.75, 3.05) is 0 Å². The van der Waals surface area contributed by atoms with Gasteiger partial charge in [-0.25, -0.2) is 0 Å². The van der Waals surface area contributed by atoms with Gasteiger partial charge in [0, 0.05) is 5.41 Å². The summed E-state index contributed by atoms with van der Waals surface area (Å²) in [6.07, 6.45) is 1.81. The van der Waals surface area contributed by atoms with Gasteiger partial charge in [-0.15, -0.1) is 0 Å². The van der Waals surface area contributed by atoms with E-state index >= 15 is 0 Å². The summed E-state index contributed by atoms with van der Waals surface area (Å²) in [5.74, 6) is 0.301. The highest BCUT2D eigenvalue weighted by Crippen LogP contribution is 2.44. The van der Waals surface area contributed by atoms with Gasteiger partial charge >= 0.3 is 0 Å². The molecule has 9 heavy (non-hydrogen) atoms. The number of carbonyl (C=O) groups is 1. The lowest BCUT2D eigenvalue weighted by Crippen LogP contribution is -2.34. The van der Waals surface area contributed by atoms with E-state index in [0.29, 0.717) is 5.78 Å². The van der Waals surface area contributed by atoms with Crippen molar-refractivity contribution < 1.29 is 4.79 Å². The molecule has 1 aliphatic carbocycles. The third-order valence-corrected chi connectivity index (χ3v) is 2.13. The summed E-state index contributed by atoms with van der Waals surface area (Å²) >= 11 is 0. The van der Waals surface area contributed by atoms with Crippen molar-refractivity contribution in [2.24, 2.45) is 5.41 Å². The van der Waals surface area contributed by atoms with Crippen molar-refractivity contribution in [3.63, 3.8) is 0 Å². The molecule has 0 atom stereocenters. The van der Waals surface area contributed by atoms with Crippen LogP contribution in [0.4, 0.5) is 0 Å². The second-order valence-electron chi connectivity index (χ2n) is 3.22. The van der Waals surface area contributed by atoms with E-state index in [4.69, 9.17) is 0 Å². The quantitative estimate of drug-likeness (QED) is 0.488. The summed E-state index contributed by atoms with van der Waals surface area (Å²) in [4.78, 5) is 10.9. The molecule has 0 unspecified atom stereocenters. The number of rotatable bonds is 1. The molecule has 0 bridgehead atoms. The molecule has 0 N–H and O–H groups in total. The second-order valence-corrected chi connectivity index (χ2v) is 3.22. The first-order chi connectivity index (χ1) is 4.04. The molecule has 0 aromatic carbocycles. The van der Waals surface area contributed by atoms with Crippen molar-refractivity contribution in [2.45, 2.75) is 26.7 Å². The van der Waals surface area contributed by atoms with Gasteiger partial charge in [0.25, 0.3) is 0 Å². The Balaban J connectivity index is 2.60. The van der Waals surface area contributed by atoms with E-state index in [9.17, 15) is 4.79 Å². The summed E-state index contributed by atoms with van der Waals surface area (Å²) < 4.78 is 0. The first-order valence-corrected chi connectivity index (χ1v) is 3.22. The van der Waals surface area contributed by atoms with Gasteiger partial charge in [-0.05, 0) is 19.8 Å². The van der Waals surface area contributed by atoms with E-state index in [2.05, 4.69) is 6.58 Å². The van der Waals surface area contributed by atoms with Crippen molar-refractivity contribution in [3.8, 4) is 0 Å². The van der Waals surface area contributed by atoms with E-state index in [1.165, 1.54) is 5.57 Å². The lowest BCUT2D eigenvalue weighted by molar-refractivity contribution is -0.127. The van der Waals surface area contributed by atoms with Crippen LogP contribution in [0.2, 0.25) is 0 Å². The number of hydrogen-bond acceptors (Lipinski definition) is 1. The molecule has 1 saturated carbocycles. The SMILES string of the molecule is C=C1CC(C)(C(C)=O)C1. The van der Waals surface area contributed by atoms with Gasteiger partial charge in [-0.3, -0.25) is 4.79 Å². The standard InChI is InChI=1S/C8H12O/c1-6-4-8(3,5-6)7(2)9/h1,4-5H2,2-3H3. The molecule has 0 aromatic heterocycles. The smallest absolute Gasteiger partial charge is 0.136 e. The molecule has 1 rings (SSSR count). The van der Waals surface area contributed by atoms with Gasteiger partial charge in [0.05, 0.1) is 0 Å². The summed E-state index contributed by atoms with van der Waals surface area (Å²) in [6, 6.07) is 0. The monoisotopic (exact) mass is 124 g/mol. The molecule has 1 heteroatoms. The Morgan fingerprint density at radius 3 is 2.22 bits per heavy atom. The van der Waals surface area contributed by atoms with Gasteiger partial charge in [0.1, 0.15) is 5.78 Å². The van der Waals surface area contributed by atoms with Crippen LogP contribution in [0, 0.1) is 5.41 Å². The van der Waals surface area contributed by atoms with E-state index in [1.54, 1.807) is 6.92 Å². The van der Waals surface area contributed by atoms with Crippen molar-refractivity contribution in [3.05, 3.63) is 12.2 Å². The largest absolute Gasteiger partial charge is 0.299 e. The summed E-state index contributed by atoms with van der Waals surface area (Å²) in [6.45, 7) is 7.45. The summed E-state index contributed by atoms with van der Waals surface area (Å²) in [5.41, 5.74) is 1.17. The van der Waals surface area contributed by atoms with Crippen LogP contribution >= 0.6 is 0 Å². The van der Waals surface area contributed by atoms with Crippen LogP contribution in [-0.2, 0) is 4.79 Å². The second kappa shape index (κ2) is 1.69. The average molecular weight is 124 g/mol. The Kier molecular flexibility index (Phi) is 1.23. The molecule has 1 nitrogen and oxygen atoms in total. The van der Waals surface area contributed by atoms with Gasteiger partial charge in [-0.2, -0.15) is 0 Å². The topological polar surface area (TPSA) is 17.1 Å². The summed E-state index contributed by atoms with van der Waals surface area (Å²) in [7, 11) is 0. The highest BCUT2D eigenvalue weighted by atomic mass is 16.1.